The van der Waals surface area contributed by atoms with Crippen molar-refractivity contribution in [3.05, 3.63) is 16.4 Å². The van der Waals surface area contributed by atoms with Crippen LogP contribution in [0.3, 0.4) is 0 Å². The van der Waals surface area contributed by atoms with Crippen LogP contribution in [-0.4, -0.2) is 21.1 Å². The summed E-state index contributed by atoms with van der Waals surface area (Å²) in [6.45, 7) is 0. The van der Waals surface area contributed by atoms with Gasteiger partial charge in [-0.15, -0.1) is 0 Å². The van der Waals surface area contributed by atoms with Crippen LogP contribution in [0, 0.1) is 0 Å². The van der Waals surface area contributed by atoms with Crippen molar-refractivity contribution >= 4 is 11.8 Å². The monoisotopic (exact) mass is 200 g/mol. The maximum absolute atomic E-state index is 10.7. The molecule has 0 amide bonds. The van der Waals surface area contributed by atoms with E-state index in [9.17, 15) is 4.79 Å². The van der Waals surface area contributed by atoms with E-state index in [1.165, 1.54) is 25.0 Å². The molecule has 0 aromatic carbocycles. The summed E-state index contributed by atoms with van der Waals surface area (Å²) in [4.78, 5) is 14.4. The van der Waals surface area contributed by atoms with Gasteiger partial charge in [0, 0.05) is 11.7 Å². The molecule has 0 bridgehead atoms. The van der Waals surface area contributed by atoms with Crippen LogP contribution in [0.2, 0.25) is 0 Å². The average molecular weight is 200 g/mol. The summed E-state index contributed by atoms with van der Waals surface area (Å²) in [6, 6.07) is 0. The molecule has 0 aliphatic carbocycles. The van der Waals surface area contributed by atoms with Crippen molar-refractivity contribution in [2.45, 2.75) is 30.9 Å². The summed E-state index contributed by atoms with van der Waals surface area (Å²) in [5.74, 6) is 1.77. The van der Waals surface area contributed by atoms with E-state index in [0.717, 1.165) is 6.42 Å². The van der Waals surface area contributed by atoms with Crippen LogP contribution in [0.25, 0.3) is 0 Å². The lowest BCUT2D eigenvalue weighted by Gasteiger charge is -2.18. The third-order valence-electron chi connectivity index (χ3n) is 2.16. The highest BCUT2D eigenvalue weighted by Crippen LogP contribution is 2.26. The Hall–Kier alpha value is -0.710. The Balaban J connectivity index is 1.93. The van der Waals surface area contributed by atoms with E-state index in [-0.39, 0.29) is 5.69 Å². The van der Waals surface area contributed by atoms with Crippen molar-refractivity contribution in [1.29, 1.82) is 0 Å². The van der Waals surface area contributed by atoms with Crippen LogP contribution in [0.5, 0.6) is 0 Å². The first-order valence-electron chi connectivity index (χ1n) is 4.50. The van der Waals surface area contributed by atoms with Crippen LogP contribution in [-0.2, 0) is 6.42 Å². The lowest BCUT2D eigenvalue weighted by atomic mass is 10.1. The first-order valence-corrected chi connectivity index (χ1v) is 5.55. The smallest absolute Gasteiger partial charge is 0.362 e. The Bertz CT molecular complexity index is 314. The number of thioether (sulfide) groups is 1. The molecule has 0 spiro atoms. The molecular weight excluding hydrogens is 188 g/mol. The molecule has 0 saturated carbocycles. The van der Waals surface area contributed by atoms with Gasteiger partial charge in [-0.05, 0) is 18.6 Å². The molecule has 1 unspecified atom stereocenters. The van der Waals surface area contributed by atoms with Gasteiger partial charge in [-0.25, -0.2) is 4.79 Å². The largest absolute Gasteiger partial charge is 0.377 e. The molecule has 1 saturated heterocycles. The van der Waals surface area contributed by atoms with Crippen molar-refractivity contribution < 1.29 is 4.52 Å². The zero-order valence-corrected chi connectivity index (χ0v) is 8.10. The summed E-state index contributed by atoms with van der Waals surface area (Å²) >= 11 is 1.95. The van der Waals surface area contributed by atoms with Crippen molar-refractivity contribution in [3.63, 3.8) is 0 Å². The van der Waals surface area contributed by atoms with Crippen LogP contribution in [0.4, 0.5) is 0 Å². The van der Waals surface area contributed by atoms with Gasteiger partial charge in [0.05, 0.1) is 0 Å². The zero-order chi connectivity index (χ0) is 9.10. The van der Waals surface area contributed by atoms with Gasteiger partial charge in [-0.3, -0.25) is 0 Å². The summed E-state index contributed by atoms with van der Waals surface area (Å²) in [6.07, 6.45) is 4.59. The number of hydrogen-bond acceptors (Lipinski definition) is 4. The van der Waals surface area contributed by atoms with Crippen molar-refractivity contribution in [2.75, 3.05) is 5.75 Å². The number of rotatable bonds is 2. The quantitative estimate of drug-likeness (QED) is 0.779. The van der Waals surface area contributed by atoms with Crippen molar-refractivity contribution in [2.24, 2.45) is 0 Å². The van der Waals surface area contributed by atoms with Gasteiger partial charge in [0.2, 0.25) is 5.89 Å². The Morgan fingerprint density at radius 2 is 2.54 bits per heavy atom. The predicted octanol–water partition coefficient (Wildman–Crippen LogP) is 1.19. The molecule has 2 rings (SSSR count). The molecule has 13 heavy (non-hydrogen) atoms. The SMILES string of the molecule is O=c1nc(CC2CCCCS2)o[nH]1. The molecule has 1 fully saturated rings. The summed E-state index contributed by atoms with van der Waals surface area (Å²) < 4.78 is 4.91. The second-order valence-corrected chi connectivity index (χ2v) is 4.62. The predicted molar refractivity (Wildman–Crippen MR) is 50.9 cm³/mol. The normalized spacial score (nSPS) is 23.2. The third-order valence-corrected chi connectivity index (χ3v) is 3.56. The highest BCUT2D eigenvalue weighted by molar-refractivity contribution is 7.99. The molecular formula is C8H12N2O2S. The Morgan fingerprint density at radius 3 is 3.15 bits per heavy atom. The van der Waals surface area contributed by atoms with Gasteiger partial charge < -0.3 is 4.52 Å². The number of hydrogen-bond donors (Lipinski definition) is 1. The highest BCUT2D eigenvalue weighted by atomic mass is 32.2. The van der Waals surface area contributed by atoms with Crippen LogP contribution >= 0.6 is 11.8 Å². The van der Waals surface area contributed by atoms with E-state index < -0.39 is 0 Å². The van der Waals surface area contributed by atoms with Gasteiger partial charge in [0.15, 0.2) is 0 Å². The fraction of sp³-hybridized carbons (Fsp3) is 0.750. The van der Waals surface area contributed by atoms with E-state index >= 15 is 0 Å². The molecule has 1 aromatic heterocycles. The molecule has 4 nitrogen and oxygen atoms in total. The van der Waals surface area contributed by atoms with E-state index in [2.05, 4.69) is 10.1 Å². The molecule has 1 aromatic rings. The molecule has 0 radical (unpaired) electrons. The van der Waals surface area contributed by atoms with E-state index in [1.807, 2.05) is 11.8 Å². The Labute approximate surface area is 80.1 Å². The minimum absolute atomic E-state index is 0.379. The number of H-pyrrole nitrogens is 1. The Kier molecular flexibility index (Phi) is 2.73. The molecule has 1 N–H and O–H groups in total. The lowest BCUT2D eigenvalue weighted by Crippen LogP contribution is -2.13. The maximum atomic E-state index is 10.7. The topological polar surface area (TPSA) is 58.9 Å². The summed E-state index contributed by atoms with van der Waals surface area (Å²) in [5.41, 5.74) is -0.379. The molecule has 5 heteroatoms. The van der Waals surface area contributed by atoms with Crippen LogP contribution in [0.15, 0.2) is 9.32 Å². The third kappa shape index (κ3) is 2.37. The maximum Gasteiger partial charge on any atom is 0.377 e. The lowest BCUT2D eigenvalue weighted by molar-refractivity contribution is 0.370. The first kappa shape index (κ1) is 8.87. The minimum atomic E-state index is -0.379. The minimum Gasteiger partial charge on any atom is -0.362 e. The average Bonchev–Trinajstić information content (AvgIpc) is 2.53. The zero-order valence-electron chi connectivity index (χ0n) is 7.28. The molecule has 1 aliphatic rings. The van der Waals surface area contributed by atoms with Gasteiger partial charge in [-0.2, -0.15) is 21.9 Å². The van der Waals surface area contributed by atoms with Gasteiger partial charge >= 0.3 is 5.69 Å². The van der Waals surface area contributed by atoms with Gasteiger partial charge in [-0.1, -0.05) is 6.42 Å². The summed E-state index contributed by atoms with van der Waals surface area (Å²) in [7, 11) is 0. The standard InChI is InChI=1S/C8H12N2O2S/c11-8-9-7(12-10-8)5-6-3-1-2-4-13-6/h6H,1-5H2,(H,10,11). The van der Waals surface area contributed by atoms with Gasteiger partial charge in [0.1, 0.15) is 0 Å². The molecule has 72 valence electrons. The number of aromatic nitrogens is 2. The number of nitrogens with one attached hydrogen (secondary N) is 1. The Morgan fingerprint density at radius 1 is 1.62 bits per heavy atom. The van der Waals surface area contributed by atoms with E-state index in [4.69, 9.17) is 4.52 Å². The second kappa shape index (κ2) is 4.00. The van der Waals surface area contributed by atoms with Crippen molar-refractivity contribution in [3.8, 4) is 0 Å². The fourth-order valence-corrected chi connectivity index (χ4v) is 2.81. The molecule has 1 atom stereocenters. The summed E-state index contributed by atoms with van der Waals surface area (Å²) in [5, 5.41) is 2.79. The first-order chi connectivity index (χ1) is 6.34. The van der Waals surface area contributed by atoms with Crippen molar-refractivity contribution in [1.82, 2.24) is 10.1 Å². The second-order valence-electron chi connectivity index (χ2n) is 3.21. The van der Waals surface area contributed by atoms with E-state index in [1.54, 1.807) is 0 Å². The molecule has 2 heterocycles. The van der Waals surface area contributed by atoms with Crippen LogP contribution in [0.1, 0.15) is 25.2 Å². The fourth-order valence-electron chi connectivity index (χ4n) is 1.51. The highest BCUT2D eigenvalue weighted by Gasteiger charge is 2.16. The number of aromatic amines is 1. The van der Waals surface area contributed by atoms with Crippen LogP contribution < -0.4 is 5.69 Å². The van der Waals surface area contributed by atoms with Gasteiger partial charge in [0.25, 0.3) is 0 Å². The number of nitrogens with zero attached hydrogens (tertiary/aromatic N) is 1. The van der Waals surface area contributed by atoms with E-state index in [0.29, 0.717) is 11.1 Å². The molecule has 1 aliphatic heterocycles.